The number of nitrogens with zero attached hydrogens (tertiary/aromatic N) is 2. The van der Waals surface area contributed by atoms with E-state index in [4.69, 9.17) is 14.2 Å². The molecule has 2 rings (SSSR count). The highest BCUT2D eigenvalue weighted by molar-refractivity contribution is 7.14. The van der Waals surface area contributed by atoms with Gasteiger partial charge >= 0.3 is 6.09 Å². The second-order valence-electron chi connectivity index (χ2n) is 6.72. The Hall–Kier alpha value is -2.28. The van der Waals surface area contributed by atoms with Gasteiger partial charge in [-0.25, -0.2) is 14.7 Å². The second kappa shape index (κ2) is 8.40. The fourth-order valence-electron chi connectivity index (χ4n) is 2.26. The van der Waals surface area contributed by atoms with Crippen molar-refractivity contribution >= 4 is 22.6 Å². The number of methoxy groups -OCH3 is 2. The molecule has 0 spiro atoms. The Morgan fingerprint density at radius 2 is 1.96 bits per heavy atom. The predicted octanol–water partition coefficient (Wildman–Crippen LogP) is 4.66. The molecule has 0 aliphatic rings. The molecule has 1 amide bonds. The molecule has 2 aromatic rings. The van der Waals surface area contributed by atoms with E-state index in [0.717, 1.165) is 17.7 Å². The van der Waals surface area contributed by atoms with Crippen LogP contribution in [0.2, 0.25) is 0 Å². The highest BCUT2D eigenvalue weighted by atomic mass is 32.1. The average Bonchev–Trinajstić information content (AvgIpc) is 3.06. The number of carbonyl (C=O) groups excluding carboxylic acids is 1. The Kier molecular flexibility index (Phi) is 6.47. The van der Waals surface area contributed by atoms with Crippen molar-refractivity contribution in [3.8, 4) is 11.5 Å². The summed E-state index contributed by atoms with van der Waals surface area (Å²) < 4.78 is 16.3. The lowest BCUT2D eigenvalue weighted by Crippen LogP contribution is -2.36. The third-order valence-corrected chi connectivity index (χ3v) is 4.48. The fraction of sp³-hybridized carbons (Fsp3) is 0.474. The van der Waals surface area contributed by atoms with E-state index >= 15 is 0 Å². The van der Waals surface area contributed by atoms with Crippen molar-refractivity contribution in [3.63, 3.8) is 0 Å². The molecule has 0 saturated carbocycles. The number of aromatic nitrogens is 1. The molecule has 0 fully saturated rings. The van der Waals surface area contributed by atoms with Crippen LogP contribution in [0.25, 0.3) is 0 Å². The van der Waals surface area contributed by atoms with Gasteiger partial charge in [0.05, 0.1) is 26.5 Å². The van der Waals surface area contributed by atoms with Crippen molar-refractivity contribution in [3.05, 3.63) is 34.8 Å². The summed E-state index contributed by atoms with van der Waals surface area (Å²) in [5, 5.41) is 2.56. The Morgan fingerprint density at radius 3 is 2.50 bits per heavy atom. The fourth-order valence-corrected chi connectivity index (χ4v) is 3.16. The van der Waals surface area contributed by atoms with Gasteiger partial charge in [-0.15, -0.1) is 11.3 Å². The zero-order valence-corrected chi connectivity index (χ0v) is 17.0. The van der Waals surface area contributed by atoms with E-state index in [0.29, 0.717) is 23.2 Å². The molecule has 0 radical (unpaired) electrons. The lowest BCUT2D eigenvalue weighted by molar-refractivity contribution is 0.0577. The zero-order valence-electron chi connectivity index (χ0n) is 16.2. The maximum Gasteiger partial charge on any atom is 0.416 e. The number of aryl methyl sites for hydroxylation is 1. The molecule has 6 nitrogen and oxygen atoms in total. The molecule has 0 N–H and O–H groups in total. The van der Waals surface area contributed by atoms with Crippen LogP contribution in [0.3, 0.4) is 0 Å². The third kappa shape index (κ3) is 5.11. The number of amides is 1. The quantitative estimate of drug-likeness (QED) is 0.731. The van der Waals surface area contributed by atoms with Gasteiger partial charge in [0, 0.05) is 17.0 Å². The van der Waals surface area contributed by atoms with Gasteiger partial charge in [0.15, 0.2) is 5.13 Å². The lowest BCUT2D eigenvalue weighted by Gasteiger charge is -2.26. The SMILES string of the molecule is CCc1csc(N(Cc2ccc(OC)cc2OC)C(=O)OC(C)(C)C)n1. The van der Waals surface area contributed by atoms with Crippen LogP contribution in [0.5, 0.6) is 11.5 Å². The summed E-state index contributed by atoms with van der Waals surface area (Å²) in [4.78, 5) is 18.9. The molecule has 0 saturated heterocycles. The van der Waals surface area contributed by atoms with Crippen LogP contribution in [-0.2, 0) is 17.7 Å². The minimum atomic E-state index is -0.593. The van der Waals surface area contributed by atoms with Gasteiger partial charge in [0.25, 0.3) is 0 Å². The minimum Gasteiger partial charge on any atom is -0.497 e. The smallest absolute Gasteiger partial charge is 0.416 e. The standard InChI is InChI=1S/C19H26N2O4S/c1-7-14-12-26-17(20-14)21(18(22)25-19(2,3)4)11-13-8-9-15(23-5)10-16(13)24-6/h8-10,12H,7,11H2,1-6H3. The molecule has 0 atom stereocenters. The van der Waals surface area contributed by atoms with Crippen LogP contribution in [0.4, 0.5) is 9.93 Å². The second-order valence-corrected chi connectivity index (χ2v) is 7.56. The summed E-state index contributed by atoms with van der Waals surface area (Å²) in [5.74, 6) is 1.34. The first-order chi connectivity index (χ1) is 12.3. The van der Waals surface area contributed by atoms with Crippen LogP contribution in [0.1, 0.15) is 39.0 Å². The Balaban J connectivity index is 2.36. The molecule has 0 unspecified atom stereocenters. The summed E-state index contributed by atoms with van der Waals surface area (Å²) in [6.45, 7) is 7.85. The van der Waals surface area contributed by atoms with Crippen LogP contribution >= 0.6 is 11.3 Å². The number of thiazole rings is 1. The first-order valence-corrected chi connectivity index (χ1v) is 9.31. The van der Waals surface area contributed by atoms with E-state index in [9.17, 15) is 4.79 Å². The van der Waals surface area contributed by atoms with Crippen molar-refractivity contribution in [2.75, 3.05) is 19.1 Å². The molecule has 7 heteroatoms. The molecule has 0 aliphatic carbocycles. The minimum absolute atomic E-state index is 0.290. The highest BCUT2D eigenvalue weighted by Crippen LogP contribution is 2.30. The Morgan fingerprint density at radius 1 is 1.23 bits per heavy atom. The number of hydrogen-bond acceptors (Lipinski definition) is 6. The maximum absolute atomic E-state index is 12.8. The van der Waals surface area contributed by atoms with Crippen LogP contribution < -0.4 is 14.4 Å². The summed E-state index contributed by atoms with van der Waals surface area (Å²) in [6.07, 6.45) is 0.372. The van der Waals surface area contributed by atoms with Gasteiger partial charge in [-0.05, 0) is 39.3 Å². The largest absolute Gasteiger partial charge is 0.497 e. The van der Waals surface area contributed by atoms with Gasteiger partial charge in [-0.2, -0.15) is 0 Å². The first-order valence-electron chi connectivity index (χ1n) is 8.43. The zero-order chi connectivity index (χ0) is 19.3. The molecular weight excluding hydrogens is 352 g/mol. The molecule has 142 valence electrons. The van der Waals surface area contributed by atoms with Crippen molar-refractivity contribution in [2.24, 2.45) is 0 Å². The van der Waals surface area contributed by atoms with Crippen molar-refractivity contribution in [2.45, 2.75) is 46.3 Å². The van der Waals surface area contributed by atoms with Crippen molar-refractivity contribution in [1.82, 2.24) is 4.98 Å². The molecule has 1 heterocycles. The predicted molar refractivity (Wildman–Crippen MR) is 103 cm³/mol. The van der Waals surface area contributed by atoms with Crippen molar-refractivity contribution < 1.29 is 19.0 Å². The first kappa shape index (κ1) is 20.0. The van der Waals surface area contributed by atoms with Gasteiger partial charge < -0.3 is 14.2 Å². The molecule has 0 bridgehead atoms. The van der Waals surface area contributed by atoms with E-state index in [1.165, 1.54) is 11.3 Å². The summed E-state index contributed by atoms with van der Waals surface area (Å²) >= 11 is 1.43. The Labute approximate surface area is 158 Å². The lowest BCUT2D eigenvalue weighted by atomic mass is 10.1. The Bertz CT molecular complexity index is 752. The van der Waals surface area contributed by atoms with Crippen LogP contribution in [-0.4, -0.2) is 30.9 Å². The number of rotatable bonds is 6. The van der Waals surface area contributed by atoms with E-state index in [1.807, 2.05) is 45.2 Å². The summed E-state index contributed by atoms with van der Waals surface area (Å²) in [7, 11) is 3.19. The average molecular weight is 378 g/mol. The monoisotopic (exact) mass is 378 g/mol. The summed E-state index contributed by atoms with van der Waals surface area (Å²) in [6, 6.07) is 5.51. The van der Waals surface area contributed by atoms with Crippen molar-refractivity contribution in [1.29, 1.82) is 0 Å². The maximum atomic E-state index is 12.8. The molecule has 1 aromatic heterocycles. The third-order valence-electron chi connectivity index (χ3n) is 3.57. The van der Waals surface area contributed by atoms with E-state index in [1.54, 1.807) is 25.2 Å². The highest BCUT2D eigenvalue weighted by Gasteiger charge is 2.26. The van der Waals surface area contributed by atoms with Crippen LogP contribution in [0, 0.1) is 0 Å². The molecule has 26 heavy (non-hydrogen) atoms. The number of benzene rings is 1. The molecule has 0 aliphatic heterocycles. The number of carbonyl (C=O) groups is 1. The van der Waals surface area contributed by atoms with Gasteiger partial charge in [0.2, 0.25) is 0 Å². The number of ether oxygens (including phenoxy) is 3. The number of anilines is 1. The van der Waals surface area contributed by atoms with Gasteiger partial charge in [-0.1, -0.05) is 6.92 Å². The van der Waals surface area contributed by atoms with Gasteiger partial charge in [-0.3, -0.25) is 0 Å². The van der Waals surface area contributed by atoms with E-state index in [-0.39, 0.29) is 0 Å². The van der Waals surface area contributed by atoms with Crippen LogP contribution in [0.15, 0.2) is 23.6 Å². The normalized spacial score (nSPS) is 11.2. The number of hydrogen-bond donors (Lipinski definition) is 0. The summed E-state index contributed by atoms with van der Waals surface area (Å²) in [5.41, 5.74) is 1.19. The topological polar surface area (TPSA) is 60.9 Å². The van der Waals surface area contributed by atoms with Gasteiger partial charge in [0.1, 0.15) is 17.1 Å². The van der Waals surface area contributed by atoms with E-state index in [2.05, 4.69) is 4.98 Å². The van der Waals surface area contributed by atoms with E-state index < -0.39 is 11.7 Å². The molecular formula is C19H26N2O4S. The molecule has 1 aromatic carbocycles.